The summed E-state index contributed by atoms with van der Waals surface area (Å²) in [6, 6.07) is 2.35. The van der Waals surface area contributed by atoms with E-state index in [9.17, 15) is 0 Å². The van der Waals surface area contributed by atoms with Crippen LogP contribution < -0.4 is 5.73 Å². The quantitative estimate of drug-likeness (QED) is 0.627. The van der Waals surface area contributed by atoms with E-state index >= 15 is 0 Å². The van der Waals surface area contributed by atoms with E-state index in [0.717, 1.165) is 6.54 Å². The molecule has 1 heterocycles. The third-order valence-corrected chi connectivity index (χ3v) is 1.55. The van der Waals surface area contributed by atoms with Gasteiger partial charge in [-0.05, 0) is 19.9 Å². The summed E-state index contributed by atoms with van der Waals surface area (Å²) in [5, 5.41) is 4.13. The molecule has 3 N–H and O–H groups in total. The average molecular weight is 140 g/mol. The Labute approximate surface area is 60.8 Å². The summed E-state index contributed by atoms with van der Waals surface area (Å²) in [7, 11) is 0. The lowest BCUT2D eigenvalue weighted by molar-refractivity contribution is -0.422. The lowest BCUT2D eigenvalue weighted by Gasteiger charge is -2.03. The molecule has 1 aromatic rings. The highest BCUT2D eigenvalue weighted by molar-refractivity contribution is 5.02. The van der Waals surface area contributed by atoms with Gasteiger partial charge in [0.25, 0.3) is 0 Å². The summed E-state index contributed by atoms with van der Waals surface area (Å²) >= 11 is 0. The fourth-order valence-electron chi connectivity index (χ4n) is 1.03. The number of aromatic nitrogens is 2. The molecule has 0 spiro atoms. The van der Waals surface area contributed by atoms with Crippen LogP contribution in [0.15, 0.2) is 12.3 Å². The molecule has 0 aliphatic rings. The number of hydrogen-bond acceptors (Lipinski definition) is 1. The van der Waals surface area contributed by atoms with E-state index in [-0.39, 0.29) is 0 Å². The highest BCUT2D eigenvalue weighted by Gasteiger charge is 2.06. The van der Waals surface area contributed by atoms with Crippen molar-refractivity contribution >= 4 is 0 Å². The molecule has 3 nitrogen and oxygen atoms in total. The van der Waals surface area contributed by atoms with Crippen LogP contribution in [-0.2, 0) is 6.54 Å². The zero-order chi connectivity index (χ0) is 7.56. The first kappa shape index (κ1) is 7.28. The number of hydrogen-bond donors (Lipinski definition) is 1. The van der Waals surface area contributed by atoms with E-state index in [1.165, 1.54) is 5.69 Å². The average Bonchev–Trinajstić information content (AvgIpc) is 2.33. The Balaban J connectivity index is 2.90. The van der Waals surface area contributed by atoms with Gasteiger partial charge in [-0.25, -0.2) is 0 Å². The molecular weight excluding hydrogens is 126 g/mol. The summed E-state index contributed by atoms with van der Waals surface area (Å²) < 4.78 is 1.97. The third-order valence-electron chi connectivity index (χ3n) is 1.55. The minimum atomic E-state index is 0.336. The van der Waals surface area contributed by atoms with Crippen LogP contribution in [-0.4, -0.2) is 9.78 Å². The van der Waals surface area contributed by atoms with Crippen molar-refractivity contribution in [3.05, 3.63) is 18.0 Å². The van der Waals surface area contributed by atoms with Crippen LogP contribution in [0.2, 0.25) is 0 Å². The van der Waals surface area contributed by atoms with Gasteiger partial charge in [0.15, 0.2) is 0 Å². The maximum Gasteiger partial charge on any atom is 0.124 e. The fraction of sp³-hybridized carbons (Fsp3) is 0.571. The topological polar surface area (TPSA) is 45.5 Å². The molecule has 3 heteroatoms. The van der Waals surface area contributed by atoms with E-state index in [4.69, 9.17) is 0 Å². The van der Waals surface area contributed by atoms with Crippen molar-refractivity contribution in [2.45, 2.75) is 26.4 Å². The molecule has 0 aliphatic carbocycles. The van der Waals surface area contributed by atoms with Gasteiger partial charge in [-0.15, -0.1) is 0 Å². The minimum Gasteiger partial charge on any atom is -0.350 e. The molecule has 1 atom stereocenters. The maximum atomic E-state index is 4.13. The molecule has 10 heavy (non-hydrogen) atoms. The van der Waals surface area contributed by atoms with Crippen LogP contribution in [0.25, 0.3) is 0 Å². The molecule has 56 valence electrons. The van der Waals surface area contributed by atoms with Crippen molar-refractivity contribution in [3.63, 3.8) is 0 Å². The number of aryl methyl sites for hydroxylation is 1. The normalized spacial score (nSPS) is 13.5. The zero-order valence-corrected chi connectivity index (χ0v) is 6.54. The second-order valence-corrected chi connectivity index (χ2v) is 2.47. The van der Waals surface area contributed by atoms with Crippen LogP contribution in [0.1, 0.15) is 25.6 Å². The first-order valence-corrected chi connectivity index (χ1v) is 3.60. The van der Waals surface area contributed by atoms with Crippen molar-refractivity contribution in [2.75, 3.05) is 0 Å². The summed E-state index contributed by atoms with van der Waals surface area (Å²) in [6.07, 6.45) is 1.82. The Bertz CT molecular complexity index is 202. The van der Waals surface area contributed by atoms with Gasteiger partial charge in [0.1, 0.15) is 6.04 Å². The van der Waals surface area contributed by atoms with Crippen LogP contribution in [0.4, 0.5) is 0 Å². The molecule has 0 fully saturated rings. The zero-order valence-electron chi connectivity index (χ0n) is 6.54. The van der Waals surface area contributed by atoms with Gasteiger partial charge in [-0.2, -0.15) is 5.10 Å². The molecular formula is C7H14N3+. The van der Waals surface area contributed by atoms with Gasteiger partial charge in [-0.1, -0.05) is 0 Å². The Morgan fingerprint density at radius 3 is 2.90 bits per heavy atom. The molecule has 0 saturated carbocycles. The molecule has 0 radical (unpaired) electrons. The lowest BCUT2D eigenvalue weighted by atomic mass is 10.2. The Kier molecular flexibility index (Phi) is 2.06. The van der Waals surface area contributed by atoms with Crippen LogP contribution >= 0.6 is 0 Å². The first-order chi connectivity index (χ1) is 4.75. The second kappa shape index (κ2) is 2.84. The Morgan fingerprint density at radius 1 is 1.80 bits per heavy atom. The molecule has 0 aliphatic heterocycles. The Morgan fingerprint density at radius 2 is 2.50 bits per heavy atom. The highest BCUT2D eigenvalue weighted by Crippen LogP contribution is 2.05. The van der Waals surface area contributed by atoms with Gasteiger partial charge >= 0.3 is 0 Å². The first-order valence-electron chi connectivity index (χ1n) is 3.60. The number of quaternary nitrogens is 1. The Hall–Kier alpha value is -0.830. The smallest absolute Gasteiger partial charge is 0.124 e. The maximum absolute atomic E-state index is 4.13. The van der Waals surface area contributed by atoms with Crippen molar-refractivity contribution in [1.82, 2.24) is 9.78 Å². The molecule has 0 amide bonds. The third kappa shape index (κ3) is 1.19. The highest BCUT2D eigenvalue weighted by atomic mass is 15.3. The lowest BCUT2D eigenvalue weighted by Crippen LogP contribution is -2.52. The largest absolute Gasteiger partial charge is 0.350 e. The van der Waals surface area contributed by atoms with Crippen molar-refractivity contribution in [3.8, 4) is 0 Å². The summed E-state index contributed by atoms with van der Waals surface area (Å²) in [6.45, 7) is 5.09. The molecule has 1 rings (SSSR count). The van der Waals surface area contributed by atoms with Crippen molar-refractivity contribution in [1.29, 1.82) is 0 Å². The van der Waals surface area contributed by atoms with Crippen LogP contribution in [0.5, 0.6) is 0 Å². The number of rotatable bonds is 2. The molecule has 0 saturated heterocycles. The SMILES string of the molecule is CCn1nccc1[C@H](C)[NH3+]. The van der Waals surface area contributed by atoms with Gasteiger partial charge in [-0.3, -0.25) is 4.68 Å². The van der Waals surface area contributed by atoms with Crippen molar-refractivity contribution < 1.29 is 5.73 Å². The predicted molar refractivity (Wildman–Crippen MR) is 39.2 cm³/mol. The van der Waals surface area contributed by atoms with E-state index < -0.39 is 0 Å². The predicted octanol–water partition coefficient (Wildman–Crippen LogP) is 0.206. The van der Waals surface area contributed by atoms with E-state index in [0.29, 0.717) is 6.04 Å². The minimum absolute atomic E-state index is 0.336. The molecule has 0 unspecified atom stereocenters. The van der Waals surface area contributed by atoms with E-state index in [1.807, 2.05) is 16.9 Å². The summed E-state index contributed by atoms with van der Waals surface area (Å²) in [5.41, 5.74) is 5.14. The van der Waals surface area contributed by atoms with E-state index in [1.54, 1.807) is 0 Å². The van der Waals surface area contributed by atoms with Gasteiger partial charge in [0, 0.05) is 12.7 Å². The van der Waals surface area contributed by atoms with Crippen LogP contribution in [0.3, 0.4) is 0 Å². The molecule has 1 aromatic heterocycles. The fourth-order valence-corrected chi connectivity index (χ4v) is 1.03. The molecule has 0 bridgehead atoms. The van der Waals surface area contributed by atoms with E-state index in [2.05, 4.69) is 24.7 Å². The molecule has 0 aromatic carbocycles. The van der Waals surface area contributed by atoms with Crippen LogP contribution in [0, 0.1) is 0 Å². The second-order valence-electron chi connectivity index (χ2n) is 2.47. The standard InChI is InChI=1S/C7H13N3/c1-3-10-7(6(2)8)4-5-9-10/h4-6H,3,8H2,1-2H3/p+1/t6-/m0/s1. The van der Waals surface area contributed by atoms with Gasteiger partial charge in [0.05, 0.1) is 5.69 Å². The summed E-state index contributed by atoms with van der Waals surface area (Å²) in [4.78, 5) is 0. The van der Waals surface area contributed by atoms with Gasteiger partial charge in [0.2, 0.25) is 0 Å². The van der Waals surface area contributed by atoms with Crippen molar-refractivity contribution in [2.24, 2.45) is 0 Å². The summed E-state index contributed by atoms with van der Waals surface area (Å²) in [5.74, 6) is 0. The van der Waals surface area contributed by atoms with Gasteiger partial charge < -0.3 is 5.73 Å². The number of nitrogens with zero attached hydrogens (tertiary/aromatic N) is 2. The monoisotopic (exact) mass is 140 g/mol.